The average molecular weight is 325 g/mol. The lowest BCUT2D eigenvalue weighted by molar-refractivity contribution is -0.148. The first-order chi connectivity index (χ1) is 11.6. The molecule has 124 valence electrons. The maximum Gasteiger partial charge on any atom is 0.310 e. The SMILES string of the molecule is O=C(Cc1ccccc1)OCCN1C(=O)[C@@H]2[C@H](C1=O)[C@H]1C=C[C@H]2C1. The summed E-state index contributed by atoms with van der Waals surface area (Å²) in [6, 6.07) is 9.34. The smallest absolute Gasteiger partial charge is 0.310 e. The van der Waals surface area contributed by atoms with E-state index in [1.54, 1.807) is 0 Å². The zero-order chi connectivity index (χ0) is 16.7. The zero-order valence-electron chi connectivity index (χ0n) is 13.3. The second-order valence-electron chi connectivity index (χ2n) is 6.71. The molecule has 5 nitrogen and oxygen atoms in total. The number of amides is 2. The molecule has 1 aromatic carbocycles. The van der Waals surface area contributed by atoms with E-state index in [4.69, 9.17) is 4.74 Å². The third kappa shape index (κ3) is 2.44. The molecule has 0 unspecified atom stereocenters. The van der Waals surface area contributed by atoms with Gasteiger partial charge in [-0.1, -0.05) is 42.5 Å². The number of ether oxygens (including phenoxy) is 1. The molecule has 5 heteroatoms. The maximum absolute atomic E-state index is 12.5. The van der Waals surface area contributed by atoms with Crippen molar-refractivity contribution in [3.63, 3.8) is 0 Å². The van der Waals surface area contributed by atoms with E-state index in [9.17, 15) is 14.4 Å². The number of hydrogen-bond acceptors (Lipinski definition) is 4. The molecule has 2 amide bonds. The predicted octanol–water partition coefficient (Wildman–Crippen LogP) is 1.58. The first-order valence-corrected chi connectivity index (χ1v) is 8.38. The number of carbonyl (C=O) groups excluding carboxylic acids is 3. The number of rotatable bonds is 5. The van der Waals surface area contributed by atoms with Gasteiger partial charge in [0, 0.05) is 0 Å². The molecule has 1 saturated heterocycles. The number of nitrogens with zero attached hydrogens (tertiary/aromatic N) is 1. The van der Waals surface area contributed by atoms with Gasteiger partial charge in [-0.15, -0.1) is 0 Å². The topological polar surface area (TPSA) is 63.7 Å². The highest BCUT2D eigenvalue weighted by Crippen LogP contribution is 2.52. The van der Waals surface area contributed by atoms with Crippen molar-refractivity contribution in [3.8, 4) is 0 Å². The minimum atomic E-state index is -0.345. The van der Waals surface area contributed by atoms with Gasteiger partial charge in [0.15, 0.2) is 0 Å². The van der Waals surface area contributed by atoms with Crippen LogP contribution in [0.2, 0.25) is 0 Å². The van der Waals surface area contributed by atoms with Crippen molar-refractivity contribution in [2.45, 2.75) is 12.8 Å². The highest BCUT2D eigenvalue weighted by atomic mass is 16.5. The Morgan fingerprint density at radius 3 is 2.29 bits per heavy atom. The van der Waals surface area contributed by atoms with E-state index < -0.39 is 0 Å². The van der Waals surface area contributed by atoms with Gasteiger partial charge in [0.25, 0.3) is 0 Å². The second kappa shape index (κ2) is 5.89. The number of benzene rings is 1. The molecule has 2 fully saturated rings. The van der Waals surface area contributed by atoms with Gasteiger partial charge in [-0.2, -0.15) is 0 Å². The number of carbonyl (C=O) groups is 3. The lowest BCUT2D eigenvalue weighted by Crippen LogP contribution is -2.36. The number of allylic oxidation sites excluding steroid dienone is 2. The summed E-state index contributed by atoms with van der Waals surface area (Å²) in [6.45, 7) is 0.218. The standard InChI is InChI=1S/C19H19NO4/c21-15(10-12-4-2-1-3-5-12)24-9-8-20-18(22)16-13-6-7-14(11-13)17(16)19(20)23/h1-7,13-14,16-17H,8-11H2/t13-,14-,16-,17+/m0/s1. The minimum absolute atomic E-state index is 0.0609. The number of likely N-dealkylation sites (tertiary alicyclic amines) is 1. The van der Waals surface area contributed by atoms with Crippen LogP contribution in [0, 0.1) is 23.7 Å². The predicted molar refractivity (Wildman–Crippen MR) is 85.5 cm³/mol. The van der Waals surface area contributed by atoms with Gasteiger partial charge in [-0.05, 0) is 23.8 Å². The Kier molecular flexibility index (Phi) is 3.71. The third-order valence-corrected chi connectivity index (χ3v) is 5.33. The molecule has 2 bridgehead atoms. The first kappa shape index (κ1) is 15.1. The molecule has 4 rings (SSSR count). The van der Waals surface area contributed by atoms with E-state index >= 15 is 0 Å². The highest BCUT2D eigenvalue weighted by Gasteiger charge is 2.59. The van der Waals surface area contributed by atoms with Crippen molar-refractivity contribution < 1.29 is 19.1 Å². The van der Waals surface area contributed by atoms with Crippen LogP contribution in [0.4, 0.5) is 0 Å². The van der Waals surface area contributed by atoms with Crippen LogP contribution in [0.3, 0.4) is 0 Å². The van der Waals surface area contributed by atoms with Crippen LogP contribution in [-0.4, -0.2) is 35.8 Å². The molecule has 2 aliphatic carbocycles. The second-order valence-corrected chi connectivity index (χ2v) is 6.71. The van der Waals surface area contributed by atoms with Crippen molar-refractivity contribution in [3.05, 3.63) is 48.0 Å². The Morgan fingerprint density at radius 2 is 1.67 bits per heavy atom. The molecule has 1 saturated carbocycles. The van der Waals surface area contributed by atoms with Crippen LogP contribution in [0.25, 0.3) is 0 Å². The Bertz CT molecular complexity index is 681. The van der Waals surface area contributed by atoms with Crippen molar-refractivity contribution in [1.29, 1.82) is 0 Å². The normalized spacial score (nSPS) is 30.1. The summed E-state index contributed by atoms with van der Waals surface area (Å²) in [4.78, 5) is 38.1. The summed E-state index contributed by atoms with van der Waals surface area (Å²) in [5.74, 6) is -0.492. The van der Waals surface area contributed by atoms with Crippen LogP contribution in [0.5, 0.6) is 0 Å². The Balaban J connectivity index is 1.30. The fourth-order valence-electron chi connectivity index (χ4n) is 4.25. The maximum atomic E-state index is 12.5. The molecule has 1 heterocycles. The molecular formula is C19H19NO4. The Hall–Kier alpha value is -2.43. The molecule has 0 N–H and O–H groups in total. The summed E-state index contributed by atoms with van der Waals surface area (Å²) in [5, 5.41) is 0. The quantitative estimate of drug-likeness (QED) is 0.468. The van der Waals surface area contributed by atoms with E-state index in [2.05, 4.69) is 12.2 Å². The minimum Gasteiger partial charge on any atom is -0.464 e. The van der Waals surface area contributed by atoms with E-state index in [1.165, 1.54) is 4.90 Å². The van der Waals surface area contributed by atoms with E-state index in [1.807, 2.05) is 30.3 Å². The fourth-order valence-corrected chi connectivity index (χ4v) is 4.25. The van der Waals surface area contributed by atoms with Crippen LogP contribution >= 0.6 is 0 Å². The van der Waals surface area contributed by atoms with Gasteiger partial charge < -0.3 is 4.74 Å². The summed E-state index contributed by atoms with van der Waals surface area (Å²) < 4.78 is 5.20. The fraction of sp³-hybridized carbons (Fsp3) is 0.421. The third-order valence-electron chi connectivity index (χ3n) is 5.33. The molecule has 4 atom stereocenters. The molecule has 0 aromatic heterocycles. The molecule has 1 aromatic rings. The Labute approximate surface area is 140 Å². The molecule has 3 aliphatic rings. The van der Waals surface area contributed by atoms with Crippen LogP contribution in [0.1, 0.15) is 12.0 Å². The first-order valence-electron chi connectivity index (χ1n) is 8.38. The van der Waals surface area contributed by atoms with E-state index in [0.717, 1.165) is 12.0 Å². The summed E-state index contributed by atoms with van der Waals surface area (Å²) in [7, 11) is 0. The van der Waals surface area contributed by atoms with E-state index in [0.29, 0.717) is 0 Å². The van der Waals surface area contributed by atoms with Crippen LogP contribution < -0.4 is 0 Å². The zero-order valence-corrected chi connectivity index (χ0v) is 13.3. The number of esters is 1. The molecule has 1 aliphatic heterocycles. The van der Waals surface area contributed by atoms with Crippen LogP contribution in [0.15, 0.2) is 42.5 Å². The largest absolute Gasteiger partial charge is 0.464 e. The molecular weight excluding hydrogens is 306 g/mol. The molecule has 0 radical (unpaired) electrons. The van der Waals surface area contributed by atoms with Gasteiger partial charge >= 0.3 is 5.97 Å². The number of imide groups is 1. The molecule has 24 heavy (non-hydrogen) atoms. The Morgan fingerprint density at radius 1 is 1.04 bits per heavy atom. The van der Waals surface area contributed by atoms with Crippen molar-refractivity contribution >= 4 is 17.8 Å². The summed E-state index contributed by atoms with van der Waals surface area (Å²) in [6.07, 6.45) is 5.26. The lowest BCUT2D eigenvalue weighted by atomic mass is 9.85. The summed E-state index contributed by atoms with van der Waals surface area (Å²) in [5.41, 5.74) is 0.882. The van der Waals surface area contributed by atoms with Crippen molar-refractivity contribution in [2.24, 2.45) is 23.7 Å². The number of fused-ring (bicyclic) bond motifs is 5. The number of hydrogen-bond donors (Lipinski definition) is 0. The molecule has 0 spiro atoms. The van der Waals surface area contributed by atoms with Gasteiger partial charge in [0.1, 0.15) is 6.61 Å². The van der Waals surface area contributed by atoms with Gasteiger partial charge in [0.05, 0.1) is 24.8 Å². The monoisotopic (exact) mass is 325 g/mol. The lowest BCUT2D eigenvalue weighted by Gasteiger charge is -2.17. The van der Waals surface area contributed by atoms with Crippen LogP contribution in [-0.2, 0) is 25.5 Å². The average Bonchev–Trinajstić information content (AvgIpc) is 3.25. The van der Waals surface area contributed by atoms with Gasteiger partial charge in [0.2, 0.25) is 11.8 Å². The highest BCUT2D eigenvalue weighted by molar-refractivity contribution is 6.06. The summed E-state index contributed by atoms with van der Waals surface area (Å²) >= 11 is 0. The van der Waals surface area contributed by atoms with Gasteiger partial charge in [-0.25, -0.2) is 0 Å². The van der Waals surface area contributed by atoms with Gasteiger partial charge in [-0.3, -0.25) is 19.3 Å². The van der Waals surface area contributed by atoms with Crippen molar-refractivity contribution in [1.82, 2.24) is 4.90 Å². The van der Waals surface area contributed by atoms with E-state index in [-0.39, 0.29) is 61.0 Å². The van der Waals surface area contributed by atoms with Crippen molar-refractivity contribution in [2.75, 3.05) is 13.2 Å².